The first-order chi connectivity index (χ1) is 28.8. The summed E-state index contributed by atoms with van der Waals surface area (Å²) < 4.78 is 199. The van der Waals surface area contributed by atoms with Gasteiger partial charge < -0.3 is 10.6 Å². The number of anilines is 3. The molecular formula is C40H22F14IN3O4. The summed E-state index contributed by atoms with van der Waals surface area (Å²) in [6.07, 6.45) is -13.1. The van der Waals surface area contributed by atoms with Crippen molar-refractivity contribution in [2.75, 3.05) is 28.6 Å². The fourth-order valence-electron chi connectivity index (χ4n) is 5.61. The lowest BCUT2D eigenvalue weighted by Gasteiger charge is -2.31. The predicted octanol–water partition coefficient (Wildman–Crippen LogP) is 11.2. The normalized spacial score (nSPS) is 12.2. The maximum Gasteiger partial charge on any atom is 0.460 e. The maximum absolute atomic E-state index is 16.1. The Morgan fingerprint density at radius 2 is 0.968 bits per heavy atom. The average molecular weight is 1000 g/mol. The summed E-state index contributed by atoms with van der Waals surface area (Å²) in [7, 11) is 0. The fourth-order valence-corrected chi connectivity index (χ4v) is 6.48. The molecule has 0 unspecified atom stereocenters. The van der Waals surface area contributed by atoms with Gasteiger partial charge in [0.25, 0.3) is 11.8 Å². The van der Waals surface area contributed by atoms with Crippen molar-refractivity contribution in [3.05, 3.63) is 157 Å². The van der Waals surface area contributed by atoms with Gasteiger partial charge in [-0.2, -0.15) is 43.9 Å². The molecule has 5 aromatic rings. The Bertz CT molecular complexity index is 2420. The van der Waals surface area contributed by atoms with Crippen molar-refractivity contribution in [1.82, 2.24) is 0 Å². The molecule has 0 aliphatic carbocycles. The molecule has 0 fully saturated rings. The summed E-state index contributed by atoms with van der Waals surface area (Å²) in [6.45, 7) is -1.52. The van der Waals surface area contributed by atoms with Crippen LogP contribution in [0.1, 0.15) is 52.6 Å². The zero-order chi connectivity index (χ0) is 46.1. The van der Waals surface area contributed by atoms with Crippen LogP contribution in [0.4, 0.5) is 78.5 Å². The Balaban J connectivity index is 1.65. The number of Topliss-reactive ketones (excluding diaryl/α,β-unsaturated/α-hetero) is 2. The molecule has 0 saturated heterocycles. The first-order valence-corrected chi connectivity index (χ1v) is 18.1. The van der Waals surface area contributed by atoms with E-state index in [0.717, 1.165) is 72.8 Å². The van der Waals surface area contributed by atoms with E-state index >= 15 is 8.78 Å². The highest BCUT2D eigenvalue weighted by molar-refractivity contribution is 14.1. The summed E-state index contributed by atoms with van der Waals surface area (Å²) >= 11 is 0.709. The van der Waals surface area contributed by atoms with Crippen LogP contribution in [-0.4, -0.2) is 48.6 Å². The first-order valence-electron chi connectivity index (χ1n) is 17.0. The van der Waals surface area contributed by atoms with Gasteiger partial charge in [0.2, 0.25) is 0 Å². The zero-order valence-corrected chi connectivity index (χ0v) is 32.6. The van der Waals surface area contributed by atoms with E-state index in [1.54, 1.807) is 0 Å². The molecule has 5 rings (SSSR count). The monoisotopic (exact) mass is 1000 g/mol. The molecule has 0 saturated carbocycles. The van der Waals surface area contributed by atoms with Crippen LogP contribution in [0.25, 0.3) is 0 Å². The topological polar surface area (TPSA) is 95.6 Å². The Morgan fingerprint density at radius 1 is 0.565 bits per heavy atom. The Morgan fingerprint density at radius 3 is 1.34 bits per heavy atom. The smallest absolute Gasteiger partial charge is 0.375 e. The Hall–Kier alpha value is -6.07. The maximum atomic E-state index is 16.1. The number of hydrogen-bond acceptors (Lipinski definition) is 6. The molecule has 326 valence electrons. The fraction of sp³-hybridized carbons (Fsp3) is 0.150. The second-order valence-corrected chi connectivity index (χ2v) is 14.0. The number of carbonyl (C=O) groups is 4. The van der Waals surface area contributed by atoms with Crippen LogP contribution in [0.15, 0.2) is 97.1 Å². The second kappa shape index (κ2) is 17.7. The number of benzene rings is 5. The third kappa shape index (κ3) is 9.53. The lowest BCUT2D eigenvalue weighted by molar-refractivity contribution is -0.359. The molecule has 0 aliphatic rings. The molecule has 0 radical (unpaired) electrons. The number of ketones is 2. The minimum Gasteiger partial charge on any atom is -0.375 e. The molecule has 2 amide bonds. The summed E-state index contributed by atoms with van der Waals surface area (Å²) in [5.41, 5.74) is -11.3. The van der Waals surface area contributed by atoms with Gasteiger partial charge >= 0.3 is 24.2 Å². The van der Waals surface area contributed by atoms with Gasteiger partial charge in [-0.05, 0) is 108 Å². The average Bonchev–Trinajstić information content (AvgIpc) is 3.19. The van der Waals surface area contributed by atoms with E-state index in [1.807, 2.05) is 0 Å². The SMILES string of the molecule is O=C(CNc1cccc(C(=O)N(C(=O)c2cccc(NCC(=O)c3ccc(F)cc3)c2F)c2c(I)cc(C(F)(F)C(F)(F)C(F)(F)F)cc2C(F)(F)F)c1F)c1ccc(F)cc1. The second-order valence-electron chi connectivity index (χ2n) is 12.8. The third-order valence-electron chi connectivity index (χ3n) is 8.78. The highest BCUT2D eigenvalue weighted by atomic mass is 127. The number of rotatable bonds is 13. The predicted molar refractivity (Wildman–Crippen MR) is 201 cm³/mol. The molecule has 0 atom stereocenters. The first kappa shape index (κ1) is 47.0. The van der Waals surface area contributed by atoms with E-state index in [0.29, 0.717) is 34.7 Å². The number of alkyl halides is 10. The van der Waals surface area contributed by atoms with Gasteiger partial charge in [-0.25, -0.2) is 22.5 Å². The van der Waals surface area contributed by atoms with Crippen LogP contribution in [0, 0.1) is 26.8 Å². The quantitative estimate of drug-likeness (QED) is 0.0528. The van der Waals surface area contributed by atoms with E-state index in [1.165, 1.54) is 0 Å². The van der Waals surface area contributed by atoms with Crippen LogP contribution >= 0.6 is 22.6 Å². The van der Waals surface area contributed by atoms with Crippen molar-refractivity contribution < 1.29 is 80.6 Å². The zero-order valence-electron chi connectivity index (χ0n) is 30.4. The number of nitrogens with zero attached hydrogens (tertiary/aromatic N) is 1. The largest absolute Gasteiger partial charge is 0.460 e. The van der Waals surface area contributed by atoms with Gasteiger partial charge in [-0.1, -0.05) is 12.1 Å². The van der Waals surface area contributed by atoms with Crippen molar-refractivity contribution in [3.8, 4) is 0 Å². The number of halogens is 15. The van der Waals surface area contributed by atoms with Gasteiger partial charge in [-0.3, -0.25) is 19.2 Å². The van der Waals surface area contributed by atoms with Crippen LogP contribution in [0.5, 0.6) is 0 Å². The van der Waals surface area contributed by atoms with E-state index in [2.05, 4.69) is 10.6 Å². The minimum absolute atomic E-state index is 0.0850. The van der Waals surface area contributed by atoms with Crippen LogP contribution < -0.4 is 15.5 Å². The van der Waals surface area contributed by atoms with Crippen LogP contribution in [-0.2, 0) is 12.1 Å². The number of carbonyl (C=O) groups excluding carboxylic acids is 4. The van der Waals surface area contributed by atoms with Gasteiger partial charge in [0.05, 0.1) is 46.8 Å². The highest BCUT2D eigenvalue weighted by Gasteiger charge is 2.73. The molecular weight excluding hydrogens is 979 g/mol. The van der Waals surface area contributed by atoms with E-state index in [-0.39, 0.29) is 17.2 Å². The Labute approximate surface area is 352 Å². The number of hydrogen-bond donors (Lipinski definition) is 2. The lowest BCUT2D eigenvalue weighted by atomic mass is 9.97. The number of imide groups is 1. The van der Waals surface area contributed by atoms with E-state index < -0.39 is 138 Å². The molecule has 5 aromatic carbocycles. The van der Waals surface area contributed by atoms with E-state index in [4.69, 9.17) is 0 Å². The molecule has 62 heavy (non-hydrogen) atoms. The molecule has 0 aliphatic heterocycles. The minimum atomic E-state index is -7.02. The Kier molecular flexibility index (Phi) is 13.4. The summed E-state index contributed by atoms with van der Waals surface area (Å²) in [6, 6.07) is 11.5. The molecule has 22 heteroatoms. The molecule has 0 bridgehead atoms. The molecule has 2 N–H and O–H groups in total. The van der Waals surface area contributed by atoms with E-state index in [9.17, 15) is 71.9 Å². The van der Waals surface area contributed by atoms with Crippen molar-refractivity contribution >= 4 is 63.0 Å². The van der Waals surface area contributed by atoms with Crippen molar-refractivity contribution in [2.24, 2.45) is 0 Å². The summed E-state index contributed by atoms with van der Waals surface area (Å²) in [4.78, 5) is 53.2. The van der Waals surface area contributed by atoms with Crippen molar-refractivity contribution in [2.45, 2.75) is 24.2 Å². The molecule has 0 aromatic heterocycles. The summed E-state index contributed by atoms with van der Waals surface area (Å²) in [5.74, 6) is -24.0. The summed E-state index contributed by atoms with van der Waals surface area (Å²) in [5, 5.41) is 4.59. The molecule has 0 heterocycles. The van der Waals surface area contributed by atoms with Crippen LogP contribution in [0.3, 0.4) is 0 Å². The van der Waals surface area contributed by atoms with Crippen molar-refractivity contribution in [3.63, 3.8) is 0 Å². The van der Waals surface area contributed by atoms with Crippen LogP contribution in [0.2, 0.25) is 0 Å². The van der Waals surface area contributed by atoms with Gasteiger partial charge in [0, 0.05) is 20.3 Å². The molecule has 0 spiro atoms. The van der Waals surface area contributed by atoms with Gasteiger partial charge in [-0.15, -0.1) is 0 Å². The van der Waals surface area contributed by atoms with Gasteiger partial charge in [0.1, 0.15) is 11.6 Å². The third-order valence-corrected chi connectivity index (χ3v) is 9.60. The van der Waals surface area contributed by atoms with Gasteiger partial charge in [0.15, 0.2) is 23.2 Å². The number of nitrogens with one attached hydrogen (secondary N) is 2. The molecule has 7 nitrogen and oxygen atoms in total. The number of amides is 2. The standard InChI is InChI=1S/C40H22F14IN3O4/c41-22-11-7-19(8-12-22)30(59)17-56-28-5-1-3-24(32(28)43)35(61)58(34-26(38(47,48)49)15-21(16-27(34)55)37(45,46)39(50,51)40(52,53)54)36(62)25-4-2-6-29(33(25)44)57-18-31(60)20-9-13-23(42)14-10-20/h1-16,56-57H,17-18H2. The lowest BCUT2D eigenvalue weighted by Crippen LogP contribution is -2.50. The highest BCUT2D eigenvalue weighted by Crippen LogP contribution is 2.54. The van der Waals surface area contributed by atoms with Crippen molar-refractivity contribution in [1.29, 1.82) is 0 Å².